The van der Waals surface area contributed by atoms with Gasteiger partial charge in [0.2, 0.25) is 0 Å². The van der Waals surface area contributed by atoms with Gasteiger partial charge in [0.05, 0.1) is 5.69 Å². The van der Waals surface area contributed by atoms with E-state index < -0.39 is 0 Å². The summed E-state index contributed by atoms with van der Waals surface area (Å²) in [5.41, 5.74) is 5.13. The molecule has 1 aliphatic heterocycles. The van der Waals surface area contributed by atoms with E-state index in [-0.39, 0.29) is 0 Å². The quantitative estimate of drug-likeness (QED) is 0.568. The van der Waals surface area contributed by atoms with E-state index in [9.17, 15) is 0 Å². The van der Waals surface area contributed by atoms with Gasteiger partial charge in [-0.2, -0.15) is 0 Å². The molecule has 0 spiro atoms. The number of nitrogens with one attached hydrogen (secondary N) is 2. The zero-order valence-electron chi connectivity index (χ0n) is 17.6. The molecule has 0 saturated carbocycles. The lowest BCUT2D eigenvalue weighted by Gasteiger charge is -2.34. The van der Waals surface area contributed by atoms with Crippen LogP contribution in [0, 0.1) is 0 Å². The van der Waals surface area contributed by atoms with Crippen LogP contribution in [0.4, 0.5) is 0 Å². The zero-order valence-corrected chi connectivity index (χ0v) is 17.6. The Kier molecular flexibility index (Phi) is 7.09. The molecule has 152 valence electrons. The average Bonchev–Trinajstić information content (AvgIpc) is 3.15. The summed E-state index contributed by atoms with van der Waals surface area (Å²) in [4.78, 5) is 6.91. The first-order valence-corrected chi connectivity index (χ1v) is 10.4. The Morgan fingerprint density at radius 3 is 2.71 bits per heavy atom. The Labute approximate surface area is 168 Å². The van der Waals surface area contributed by atoms with Gasteiger partial charge in [0, 0.05) is 51.3 Å². The largest absolute Gasteiger partial charge is 0.361 e. The van der Waals surface area contributed by atoms with Crippen molar-refractivity contribution in [2.45, 2.75) is 59.2 Å². The van der Waals surface area contributed by atoms with Gasteiger partial charge in [0.25, 0.3) is 0 Å². The van der Waals surface area contributed by atoms with Gasteiger partial charge in [-0.3, -0.25) is 9.89 Å². The molecule has 0 radical (unpaired) electrons. The summed E-state index contributed by atoms with van der Waals surface area (Å²) in [7, 11) is 1.81. The van der Waals surface area contributed by atoms with E-state index in [0.29, 0.717) is 12.6 Å². The Hall–Kier alpha value is -2.34. The van der Waals surface area contributed by atoms with Gasteiger partial charge in [0.15, 0.2) is 5.96 Å². The van der Waals surface area contributed by atoms with E-state index in [1.807, 2.05) is 7.05 Å². The molecule has 2 N–H and O–H groups in total. The highest BCUT2D eigenvalue weighted by molar-refractivity contribution is 5.79. The van der Waals surface area contributed by atoms with E-state index in [0.717, 1.165) is 61.9 Å². The van der Waals surface area contributed by atoms with E-state index >= 15 is 0 Å². The van der Waals surface area contributed by atoms with Gasteiger partial charge >= 0.3 is 0 Å². The van der Waals surface area contributed by atoms with Crippen LogP contribution >= 0.6 is 0 Å². The molecule has 1 aliphatic rings. The summed E-state index contributed by atoms with van der Waals surface area (Å²) >= 11 is 0. The Morgan fingerprint density at radius 2 is 2.00 bits per heavy atom. The highest BCUT2D eigenvalue weighted by Crippen LogP contribution is 2.20. The first kappa shape index (κ1) is 20.4. The van der Waals surface area contributed by atoms with Crippen molar-refractivity contribution in [3.63, 3.8) is 0 Å². The predicted molar refractivity (Wildman–Crippen MR) is 113 cm³/mol. The summed E-state index contributed by atoms with van der Waals surface area (Å²) < 4.78 is 5.45. The molecule has 0 saturated heterocycles. The molecular weight excluding hydrogens is 350 g/mol. The monoisotopic (exact) mass is 383 g/mol. The van der Waals surface area contributed by atoms with Crippen molar-refractivity contribution in [3.8, 4) is 0 Å². The van der Waals surface area contributed by atoms with Crippen molar-refractivity contribution in [2.24, 2.45) is 4.99 Å². The van der Waals surface area contributed by atoms with Gasteiger partial charge in [-0.25, -0.2) is 0 Å². The van der Waals surface area contributed by atoms with Crippen LogP contribution in [0.3, 0.4) is 0 Å². The number of aryl methyl sites for hydroxylation is 2. The first-order chi connectivity index (χ1) is 13.7. The molecule has 0 bridgehead atoms. The van der Waals surface area contributed by atoms with Crippen LogP contribution < -0.4 is 10.6 Å². The molecular formula is C22H33N5O. The van der Waals surface area contributed by atoms with Crippen molar-refractivity contribution in [1.29, 1.82) is 0 Å². The minimum absolute atomic E-state index is 0.430. The smallest absolute Gasteiger partial charge is 0.191 e. The van der Waals surface area contributed by atoms with Gasteiger partial charge in [0.1, 0.15) is 5.76 Å². The van der Waals surface area contributed by atoms with Crippen LogP contribution in [0.1, 0.15) is 48.9 Å². The molecule has 1 aromatic carbocycles. The zero-order chi connectivity index (χ0) is 19.9. The van der Waals surface area contributed by atoms with Crippen LogP contribution in [0.15, 0.2) is 33.8 Å². The van der Waals surface area contributed by atoms with Crippen LogP contribution in [0.25, 0.3) is 0 Å². The molecule has 1 atom stereocenters. The number of aliphatic imine (C=N–C) groups is 1. The highest BCUT2D eigenvalue weighted by atomic mass is 16.5. The second-order valence-corrected chi connectivity index (χ2v) is 7.38. The topological polar surface area (TPSA) is 65.7 Å². The lowest BCUT2D eigenvalue weighted by atomic mass is 9.99. The SMILES string of the molecule is CCc1noc(CC)c1CNC(=NC)NCC(C)N1CCc2ccccc2C1. The lowest BCUT2D eigenvalue weighted by Crippen LogP contribution is -2.47. The van der Waals surface area contributed by atoms with Gasteiger partial charge < -0.3 is 15.2 Å². The van der Waals surface area contributed by atoms with E-state index in [2.05, 4.69) is 70.7 Å². The van der Waals surface area contributed by atoms with Crippen LogP contribution in [0.5, 0.6) is 0 Å². The van der Waals surface area contributed by atoms with Crippen LogP contribution in [-0.2, 0) is 32.4 Å². The van der Waals surface area contributed by atoms with Crippen molar-refractivity contribution in [1.82, 2.24) is 20.7 Å². The lowest BCUT2D eigenvalue weighted by molar-refractivity contribution is 0.191. The molecule has 6 nitrogen and oxygen atoms in total. The molecule has 3 rings (SSSR count). The molecule has 28 heavy (non-hydrogen) atoms. The fourth-order valence-corrected chi connectivity index (χ4v) is 3.80. The maximum Gasteiger partial charge on any atom is 0.191 e. The number of hydrogen-bond acceptors (Lipinski definition) is 4. The first-order valence-electron chi connectivity index (χ1n) is 10.4. The van der Waals surface area contributed by atoms with Crippen molar-refractivity contribution in [2.75, 3.05) is 20.1 Å². The second kappa shape index (κ2) is 9.73. The van der Waals surface area contributed by atoms with Crippen LogP contribution in [-0.4, -0.2) is 42.2 Å². The summed E-state index contributed by atoms with van der Waals surface area (Å²) in [6, 6.07) is 9.20. The average molecular weight is 384 g/mol. The fraction of sp³-hybridized carbons (Fsp3) is 0.545. The number of guanidine groups is 1. The number of fused-ring (bicyclic) bond motifs is 1. The Balaban J connectivity index is 1.51. The highest BCUT2D eigenvalue weighted by Gasteiger charge is 2.20. The van der Waals surface area contributed by atoms with Crippen LogP contribution in [0.2, 0.25) is 0 Å². The van der Waals surface area contributed by atoms with E-state index in [1.54, 1.807) is 0 Å². The molecule has 6 heteroatoms. The summed E-state index contributed by atoms with van der Waals surface area (Å²) in [5, 5.41) is 11.1. The van der Waals surface area contributed by atoms with Crippen molar-refractivity contribution >= 4 is 5.96 Å². The summed E-state index contributed by atoms with van der Waals surface area (Å²) in [6.07, 6.45) is 2.85. The number of benzene rings is 1. The fourth-order valence-electron chi connectivity index (χ4n) is 3.80. The molecule has 1 unspecified atom stereocenters. The standard InChI is InChI=1S/C22H33N5O/c1-5-20-19(21(6-2)28-26-20)14-25-22(23-4)24-13-16(3)27-12-11-17-9-7-8-10-18(17)15-27/h7-10,16H,5-6,11-15H2,1-4H3,(H2,23,24,25). The molecule has 2 heterocycles. The molecule has 0 fully saturated rings. The Bertz CT molecular complexity index is 776. The normalized spacial score (nSPS) is 15.9. The molecule has 0 aliphatic carbocycles. The number of rotatable bonds is 7. The summed E-state index contributed by atoms with van der Waals surface area (Å²) in [5.74, 6) is 1.77. The second-order valence-electron chi connectivity index (χ2n) is 7.38. The van der Waals surface area contributed by atoms with Crippen molar-refractivity contribution < 1.29 is 4.52 Å². The number of aromatic nitrogens is 1. The third-order valence-corrected chi connectivity index (χ3v) is 5.61. The molecule has 2 aromatic rings. The van der Waals surface area contributed by atoms with E-state index in [4.69, 9.17) is 4.52 Å². The number of hydrogen-bond donors (Lipinski definition) is 2. The predicted octanol–water partition coefficient (Wildman–Crippen LogP) is 2.91. The van der Waals surface area contributed by atoms with E-state index in [1.165, 1.54) is 11.1 Å². The molecule has 0 amide bonds. The minimum Gasteiger partial charge on any atom is -0.361 e. The number of nitrogens with zero attached hydrogens (tertiary/aromatic N) is 3. The van der Waals surface area contributed by atoms with Gasteiger partial charge in [-0.15, -0.1) is 0 Å². The van der Waals surface area contributed by atoms with Gasteiger partial charge in [-0.05, 0) is 30.9 Å². The summed E-state index contributed by atoms with van der Waals surface area (Å²) in [6.45, 7) is 10.1. The Morgan fingerprint density at radius 1 is 1.21 bits per heavy atom. The maximum atomic E-state index is 5.45. The maximum absolute atomic E-state index is 5.45. The third-order valence-electron chi connectivity index (χ3n) is 5.61. The minimum atomic E-state index is 0.430. The van der Waals surface area contributed by atoms with Gasteiger partial charge in [-0.1, -0.05) is 43.3 Å². The third kappa shape index (κ3) is 4.73. The molecule has 1 aromatic heterocycles. The van der Waals surface area contributed by atoms with Crippen molar-refractivity contribution in [3.05, 3.63) is 52.4 Å².